The third-order valence-electron chi connectivity index (χ3n) is 4.86. The Kier molecular flexibility index (Phi) is 6.56. The summed E-state index contributed by atoms with van der Waals surface area (Å²) in [7, 11) is 0. The highest BCUT2D eigenvalue weighted by Crippen LogP contribution is 2.27. The zero-order valence-corrected chi connectivity index (χ0v) is 19.0. The van der Waals surface area contributed by atoms with Crippen LogP contribution in [0, 0.1) is 27.7 Å². The molecule has 0 radical (unpaired) electrons. The van der Waals surface area contributed by atoms with Gasteiger partial charge >= 0.3 is 0 Å². The predicted molar refractivity (Wildman–Crippen MR) is 117 cm³/mol. The minimum absolute atomic E-state index is 0.116. The Morgan fingerprint density at radius 2 is 1.59 bits per heavy atom. The molecule has 0 saturated carbocycles. The highest BCUT2D eigenvalue weighted by atomic mass is 35.5. The van der Waals surface area contributed by atoms with Crippen molar-refractivity contribution in [1.82, 2.24) is 19.6 Å². The third-order valence-corrected chi connectivity index (χ3v) is 6.11. The first-order valence-electron chi connectivity index (χ1n) is 9.15. The van der Waals surface area contributed by atoms with Gasteiger partial charge in [0.15, 0.2) is 0 Å². The first-order valence-corrected chi connectivity index (χ1v) is 10.3. The molecule has 6 nitrogen and oxygen atoms in total. The Bertz CT molecular complexity index is 1050. The normalized spacial score (nSPS) is 11.1. The van der Waals surface area contributed by atoms with E-state index in [1.165, 1.54) is 0 Å². The summed E-state index contributed by atoms with van der Waals surface area (Å²) in [6.07, 6.45) is 0.276. The molecule has 1 aromatic carbocycles. The average Bonchev–Trinajstić information content (AvgIpc) is 3.07. The molecule has 2 aromatic heterocycles. The smallest absolute Gasteiger partial charge is 0.226 e. The van der Waals surface area contributed by atoms with E-state index in [2.05, 4.69) is 15.5 Å². The summed E-state index contributed by atoms with van der Waals surface area (Å²) < 4.78 is 3.54. The van der Waals surface area contributed by atoms with Crippen molar-refractivity contribution >= 4 is 46.4 Å². The monoisotopic (exact) mass is 453 g/mol. The first kappa shape index (κ1) is 21.7. The summed E-state index contributed by atoms with van der Waals surface area (Å²) in [5, 5.41) is 13.7. The van der Waals surface area contributed by atoms with Gasteiger partial charge in [0, 0.05) is 22.0 Å². The molecular weight excluding hydrogens is 433 g/mol. The Hall–Kier alpha value is -2.02. The number of hydrogen-bond acceptors (Lipinski definition) is 3. The van der Waals surface area contributed by atoms with E-state index in [1.807, 2.05) is 27.7 Å². The minimum Gasteiger partial charge on any atom is -0.323 e. The molecule has 0 atom stereocenters. The molecule has 0 aliphatic rings. The van der Waals surface area contributed by atoms with Crippen LogP contribution < -0.4 is 5.32 Å². The second-order valence-corrected chi connectivity index (χ2v) is 8.10. The van der Waals surface area contributed by atoms with Crippen LogP contribution in [0.3, 0.4) is 0 Å². The van der Waals surface area contributed by atoms with Gasteiger partial charge in [-0.2, -0.15) is 10.2 Å². The van der Waals surface area contributed by atoms with Crippen LogP contribution >= 0.6 is 34.8 Å². The fourth-order valence-corrected chi connectivity index (χ4v) is 3.82. The molecule has 3 aromatic rings. The van der Waals surface area contributed by atoms with Gasteiger partial charge < -0.3 is 5.32 Å². The van der Waals surface area contributed by atoms with Gasteiger partial charge in [-0.1, -0.05) is 40.9 Å². The largest absolute Gasteiger partial charge is 0.323 e. The van der Waals surface area contributed by atoms with Crippen molar-refractivity contribution in [1.29, 1.82) is 0 Å². The molecule has 1 amide bonds. The van der Waals surface area contributed by atoms with Crippen molar-refractivity contribution in [3.8, 4) is 0 Å². The molecule has 29 heavy (non-hydrogen) atoms. The lowest BCUT2D eigenvalue weighted by molar-refractivity contribution is -0.116. The second-order valence-electron chi connectivity index (χ2n) is 6.91. The Balaban J connectivity index is 1.71. The predicted octanol–water partition coefficient (Wildman–Crippen LogP) is 5.35. The number of hydrogen-bond donors (Lipinski definition) is 1. The maximum Gasteiger partial charge on any atom is 0.226 e. The number of halogens is 3. The maximum absolute atomic E-state index is 12.5. The van der Waals surface area contributed by atoms with Gasteiger partial charge in [0.1, 0.15) is 0 Å². The standard InChI is InChI=1S/C20H22Cl3N5O/c1-11-19(23)13(3)27(25-11)9-8-18(29)24-20-12(2)26-28(14(20)4)10-15-16(21)6-5-7-17(15)22/h5-7H,8-10H2,1-4H3,(H,24,29). The van der Waals surface area contributed by atoms with Crippen molar-refractivity contribution in [2.24, 2.45) is 0 Å². The summed E-state index contributed by atoms with van der Waals surface area (Å²) in [6.45, 7) is 8.37. The van der Waals surface area contributed by atoms with E-state index in [0.717, 1.165) is 28.3 Å². The van der Waals surface area contributed by atoms with Crippen LogP contribution in [0.2, 0.25) is 15.1 Å². The van der Waals surface area contributed by atoms with Crippen LogP contribution in [0.15, 0.2) is 18.2 Å². The lowest BCUT2D eigenvalue weighted by Crippen LogP contribution is -2.16. The molecule has 2 heterocycles. The van der Waals surface area contributed by atoms with Crippen LogP contribution in [0.1, 0.15) is 34.8 Å². The van der Waals surface area contributed by atoms with Crippen LogP contribution in [-0.2, 0) is 17.9 Å². The lowest BCUT2D eigenvalue weighted by atomic mass is 10.2. The molecule has 0 unspecified atom stereocenters. The summed E-state index contributed by atoms with van der Waals surface area (Å²) in [4.78, 5) is 12.5. The van der Waals surface area contributed by atoms with Gasteiger partial charge in [0.25, 0.3) is 0 Å². The molecule has 154 valence electrons. The number of carbonyl (C=O) groups is 1. The minimum atomic E-state index is -0.116. The SMILES string of the molecule is Cc1nn(CCC(=O)Nc2c(C)nn(Cc3c(Cl)cccc3Cl)c2C)c(C)c1Cl. The van der Waals surface area contributed by atoms with Gasteiger partial charge in [-0.25, -0.2) is 0 Å². The van der Waals surface area contributed by atoms with E-state index >= 15 is 0 Å². The number of aromatic nitrogens is 4. The molecule has 0 saturated heterocycles. The van der Waals surface area contributed by atoms with Gasteiger partial charge in [0.2, 0.25) is 5.91 Å². The van der Waals surface area contributed by atoms with Crippen LogP contribution in [-0.4, -0.2) is 25.5 Å². The highest BCUT2D eigenvalue weighted by molar-refractivity contribution is 6.36. The van der Waals surface area contributed by atoms with Gasteiger partial charge in [0.05, 0.1) is 46.6 Å². The van der Waals surface area contributed by atoms with Crippen molar-refractivity contribution in [2.45, 2.75) is 47.2 Å². The molecular formula is C20H22Cl3N5O. The fraction of sp³-hybridized carbons (Fsp3) is 0.350. The molecule has 0 aliphatic carbocycles. The number of amides is 1. The number of anilines is 1. The van der Waals surface area contributed by atoms with E-state index in [0.29, 0.717) is 33.8 Å². The van der Waals surface area contributed by atoms with Crippen molar-refractivity contribution in [2.75, 3.05) is 5.32 Å². The summed E-state index contributed by atoms with van der Waals surface area (Å²) in [5.74, 6) is -0.116. The van der Waals surface area contributed by atoms with Gasteiger partial charge in [-0.05, 0) is 39.8 Å². The van der Waals surface area contributed by atoms with Crippen molar-refractivity contribution in [3.05, 3.63) is 61.6 Å². The zero-order valence-electron chi connectivity index (χ0n) is 16.7. The number of rotatable bonds is 6. The molecule has 0 bridgehead atoms. The second kappa shape index (κ2) is 8.78. The zero-order chi connectivity index (χ0) is 21.3. The number of aryl methyl sites for hydroxylation is 3. The van der Waals surface area contributed by atoms with Gasteiger partial charge in [-0.3, -0.25) is 14.2 Å². The quantitative estimate of drug-likeness (QED) is 0.546. The molecule has 0 aliphatic heterocycles. The topological polar surface area (TPSA) is 64.7 Å². The van der Waals surface area contributed by atoms with Crippen molar-refractivity contribution < 1.29 is 4.79 Å². The first-order chi connectivity index (χ1) is 13.7. The van der Waals surface area contributed by atoms with E-state index in [1.54, 1.807) is 27.6 Å². The number of benzene rings is 1. The van der Waals surface area contributed by atoms with Crippen LogP contribution in [0.4, 0.5) is 5.69 Å². The molecule has 3 rings (SSSR count). The Labute approximate surface area is 184 Å². The molecule has 0 spiro atoms. The van der Waals surface area contributed by atoms with Crippen LogP contribution in [0.5, 0.6) is 0 Å². The van der Waals surface area contributed by atoms with Gasteiger partial charge in [-0.15, -0.1) is 0 Å². The van der Waals surface area contributed by atoms with E-state index < -0.39 is 0 Å². The number of nitrogens with zero attached hydrogens (tertiary/aromatic N) is 4. The average molecular weight is 455 g/mol. The maximum atomic E-state index is 12.5. The van der Waals surface area contributed by atoms with Crippen molar-refractivity contribution in [3.63, 3.8) is 0 Å². The highest BCUT2D eigenvalue weighted by Gasteiger charge is 2.17. The Morgan fingerprint density at radius 1 is 0.966 bits per heavy atom. The molecule has 1 N–H and O–H groups in total. The summed E-state index contributed by atoms with van der Waals surface area (Å²) in [6, 6.07) is 5.39. The lowest BCUT2D eigenvalue weighted by Gasteiger charge is -2.10. The molecule has 9 heteroatoms. The molecule has 0 fully saturated rings. The van der Waals surface area contributed by atoms with E-state index in [-0.39, 0.29) is 12.3 Å². The van der Waals surface area contributed by atoms with E-state index in [4.69, 9.17) is 34.8 Å². The summed E-state index contributed by atoms with van der Waals surface area (Å²) >= 11 is 18.7. The number of nitrogens with one attached hydrogen (secondary N) is 1. The fourth-order valence-electron chi connectivity index (χ4n) is 3.17. The number of carbonyl (C=O) groups excluding carboxylic acids is 1. The van der Waals surface area contributed by atoms with E-state index in [9.17, 15) is 4.79 Å². The third kappa shape index (κ3) is 4.60. The summed E-state index contributed by atoms with van der Waals surface area (Å²) in [5.41, 5.74) is 4.67. The Morgan fingerprint density at radius 3 is 2.17 bits per heavy atom. The van der Waals surface area contributed by atoms with Crippen LogP contribution in [0.25, 0.3) is 0 Å².